The minimum absolute atomic E-state index is 0.0901. The van der Waals surface area contributed by atoms with Crippen LogP contribution in [0.5, 0.6) is 5.75 Å². The number of alkyl halides is 3. The summed E-state index contributed by atoms with van der Waals surface area (Å²) in [6.45, 7) is 6.59. The summed E-state index contributed by atoms with van der Waals surface area (Å²) in [4.78, 5) is 25.5. The number of halogens is 3. The van der Waals surface area contributed by atoms with Gasteiger partial charge in [-0.25, -0.2) is 0 Å². The molecule has 2 aromatic carbocycles. The lowest BCUT2D eigenvalue weighted by Crippen LogP contribution is -2.41. The van der Waals surface area contributed by atoms with Crippen molar-refractivity contribution >= 4 is 17.5 Å². The van der Waals surface area contributed by atoms with Gasteiger partial charge in [0.1, 0.15) is 12.4 Å². The van der Waals surface area contributed by atoms with Gasteiger partial charge < -0.3 is 15.0 Å². The number of hydrogen-bond acceptors (Lipinski definition) is 3. The van der Waals surface area contributed by atoms with Crippen LogP contribution in [0.25, 0.3) is 0 Å². The predicted octanol–water partition coefficient (Wildman–Crippen LogP) is 4.80. The average molecular weight is 422 g/mol. The lowest BCUT2D eigenvalue weighted by molar-refractivity contribution is -0.137. The van der Waals surface area contributed by atoms with Crippen molar-refractivity contribution in [2.45, 2.75) is 46.0 Å². The highest BCUT2D eigenvalue weighted by Crippen LogP contribution is 2.31. The maximum Gasteiger partial charge on any atom is 0.416 e. The van der Waals surface area contributed by atoms with E-state index in [1.807, 2.05) is 0 Å². The van der Waals surface area contributed by atoms with Crippen LogP contribution in [0, 0.1) is 0 Å². The van der Waals surface area contributed by atoms with Gasteiger partial charge in [0, 0.05) is 36.3 Å². The summed E-state index contributed by atoms with van der Waals surface area (Å²) in [6, 6.07) is 9.69. The SMILES string of the molecule is CC(=O)N(C)c1ccc(OCc2ccc(C(F)(F)F)cc2C(=O)NC(C)(C)C)cc1. The summed E-state index contributed by atoms with van der Waals surface area (Å²) in [7, 11) is 1.64. The van der Waals surface area contributed by atoms with E-state index in [-0.39, 0.29) is 18.1 Å². The lowest BCUT2D eigenvalue weighted by Gasteiger charge is -2.22. The third-order valence-electron chi connectivity index (χ3n) is 4.26. The quantitative estimate of drug-likeness (QED) is 0.753. The van der Waals surface area contributed by atoms with Crippen LogP contribution in [0.15, 0.2) is 42.5 Å². The molecule has 0 aliphatic heterocycles. The molecule has 5 nitrogen and oxygen atoms in total. The van der Waals surface area contributed by atoms with Crippen molar-refractivity contribution in [3.8, 4) is 5.75 Å². The van der Waals surface area contributed by atoms with Gasteiger partial charge in [-0.3, -0.25) is 9.59 Å². The van der Waals surface area contributed by atoms with E-state index >= 15 is 0 Å². The van der Waals surface area contributed by atoms with Crippen molar-refractivity contribution < 1.29 is 27.5 Å². The summed E-state index contributed by atoms with van der Waals surface area (Å²) in [5, 5.41) is 2.68. The standard InChI is InChI=1S/C22H25F3N2O3/c1-14(28)27(5)17-8-10-18(11-9-17)30-13-15-6-7-16(22(23,24)25)12-19(15)20(29)26-21(2,3)4/h6-12H,13H2,1-5H3,(H,26,29). The van der Waals surface area contributed by atoms with E-state index in [0.29, 0.717) is 17.0 Å². The predicted molar refractivity (Wildman–Crippen MR) is 109 cm³/mol. The van der Waals surface area contributed by atoms with E-state index < -0.39 is 23.2 Å². The minimum atomic E-state index is -4.56. The molecule has 8 heteroatoms. The van der Waals surface area contributed by atoms with Crippen LogP contribution in [-0.4, -0.2) is 24.4 Å². The second-order valence-electron chi connectivity index (χ2n) is 7.93. The molecule has 0 bridgehead atoms. The number of benzene rings is 2. The Labute approximate surface area is 173 Å². The van der Waals surface area contributed by atoms with Crippen molar-refractivity contribution in [3.63, 3.8) is 0 Å². The van der Waals surface area contributed by atoms with Crippen molar-refractivity contribution in [2.75, 3.05) is 11.9 Å². The zero-order chi connectivity index (χ0) is 22.7. The van der Waals surface area contributed by atoms with Crippen LogP contribution in [0.4, 0.5) is 18.9 Å². The van der Waals surface area contributed by atoms with Gasteiger partial charge in [0.15, 0.2) is 0 Å². The Bertz CT molecular complexity index is 917. The highest BCUT2D eigenvalue weighted by atomic mass is 19.4. The number of nitrogens with one attached hydrogen (secondary N) is 1. The molecule has 0 heterocycles. The molecule has 162 valence electrons. The van der Waals surface area contributed by atoms with Gasteiger partial charge >= 0.3 is 6.18 Å². The fraction of sp³-hybridized carbons (Fsp3) is 0.364. The Hall–Kier alpha value is -3.03. The number of rotatable bonds is 5. The highest BCUT2D eigenvalue weighted by Gasteiger charge is 2.32. The second-order valence-corrected chi connectivity index (χ2v) is 7.93. The van der Waals surface area contributed by atoms with Gasteiger partial charge in [-0.05, 0) is 57.2 Å². The van der Waals surface area contributed by atoms with Crippen molar-refractivity contribution in [1.82, 2.24) is 5.32 Å². The van der Waals surface area contributed by atoms with Gasteiger partial charge in [-0.2, -0.15) is 13.2 Å². The molecule has 30 heavy (non-hydrogen) atoms. The largest absolute Gasteiger partial charge is 0.489 e. The van der Waals surface area contributed by atoms with E-state index in [2.05, 4.69) is 5.32 Å². The Kier molecular flexibility index (Phi) is 6.80. The Morgan fingerprint density at radius 1 is 1.03 bits per heavy atom. The summed E-state index contributed by atoms with van der Waals surface area (Å²) in [6.07, 6.45) is -4.56. The van der Waals surface area contributed by atoms with Crippen LogP contribution in [0.2, 0.25) is 0 Å². The Morgan fingerprint density at radius 2 is 1.63 bits per heavy atom. The van der Waals surface area contributed by atoms with Gasteiger partial charge in [0.05, 0.1) is 5.56 Å². The molecule has 0 aliphatic rings. The van der Waals surface area contributed by atoms with Gasteiger partial charge in [-0.15, -0.1) is 0 Å². The zero-order valence-electron chi connectivity index (χ0n) is 17.6. The molecular formula is C22H25F3N2O3. The molecule has 0 aromatic heterocycles. The molecule has 2 amide bonds. The monoisotopic (exact) mass is 422 g/mol. The first-order chi connectivity index (χ1) is 13.8. The molecule has 0 radical (unpaired) electrons. The molecular weight excluding hydrogens is 397 g/mol. The smallest absolute Gasteiger partial charge is 0.416 e. The first-order valence-corrected chi connectivity index (χ1v) is 9.28. The molecule has 0 unspecified atom stereocenters. The van der Waals surface area contributed by atoms with Gasteiger partial charge in [0.25, 0.3) is 5.91 Å². The van der Waals surface area contributed by atoms with Crippen LogP contribution in [-0.2, 0) is 17.6 Å². The van der Waals surface area contributed by atoms with Crippen LogP contribution >= 0.6 is 0 Å². The number of nitrogens with zero attached hydrogens (tertiary/aromatic N) is 1. The van der Waals surface area contributed by atoms with Crippen molar-refractivity contribution in [1.29, 1.82) is 0 Å². The van der Waals surface area contributed by atoms with E-state index in [1.54, 1.807) is 52.1 Å². The van der Waals surface area contributed by atoms with E-state index in [4.69, 9.17) is 4.74 Å². The topological polar surface area (TPSA) is 58.6 Å². The molecule has 0 fully saturated rings. The van der Waals surface area contributed by atoms with Crippen LogP contribution in [0.3, 0.4) is 0 Å². The van der Waals surface area contributed by atoms with Gasteiger partial charge in [-0.1, -0.05) is 6.07 Å². The third kappa shape index (κ3) is 6.23. The Balaban J connectivity index is 2.25. The highest BCUT2D eigenvalue weighted by molar-refractivity contribution is 5.96. The first kappa shape index (κ1) is 23.3. The van der Waals surface area contributed by atoms with E-state index in [1.165, 1.54) is 17.9 Å². The van der Waals surface area contributed by atoms with E-state index in [9.17, 15) is 22.8 Å². The van der Waals surface area contributed by atoms with E-state index in [0.717, 1.165) is 12.1 Å². The molecule has 0 spiro atoms. The fourth-order valence-corrected chi connectivity index (χ4v) is 2.61. The Morgan fingerprint density at radius 3 is 2.13 bits per heavy atom. The van der Waals surface area contributed by atoms with Gasteiger partial charge in [0.2, 0.25) is 5.91 Å². The molecule has 1 N–H and O–H groups in total. The number of amides is 2. The third-order valence-corrected chi connectivity index (χ3v) is 4.26. The normalized spacial score (nSPS) is 11.7. The molecule has 0 saturated heterocycles. The molecule has 0 aliphatic carbocycles. The molecule has 0 saturated carbocycles. The number of hydrogen-bond donors (Lipinski definition) is 1. The zero-order valence-corrected chi connectivity index (χ0v) is 17.6. The second kappa shape index (κ2) is 8.77. The summed E-state index contributed by atoms with van der Waals surface area (Å²) >= 11 is 0. The minimum Gasteiger partial charge on any atom is -0.489 e. The van der Waals surface area contributed by atoms with Crippen molar-refractivity contribution in [2.24, 2.45) is 0 Å². The fourth-order valence-electron chi connectivity index (χ4n) is 2.61. The molecule has 2 aromatic rings. The van der Waals surface area contributed by atoms with Crippen LogP contribution in [0.1, 0.15) is 49.2 Å². The number of ether oxygens (including phenoxy) is 1. The number of carbonyl (C=O) groups is 2. The maximum absolute atomic E-state index is 13.1. The van der Waals surface area contributed by atoms with Crippen molar-refractivity contribution in [3.05, 3.63) is 59.2 Å². The summed E-state index contributed by atoms with van der Waals surface area (Å²) in [5.41, 5.74) is -0.596. The summed E-state index contributed by atoms with van der Waals surface area (Å²) in [5.74, 6) is -0.272. The number of anilines is 1. The number of carbonyl (C=O) groups excluding carboxylic acids is 2. The molecule has 0 atom stereocenters. The average Bonchev–Trinajstić information content (AvgIpc) is 2.63. The summed E-state index contributed by atoms with van der Waals surface area (Å²) < 4.78 is 45.0. The lowest BCUT2D eigenvalue weighted by atomic mass is 10.0. The maximum atomic E-state index is 13.1. The van der Waals surface area contributed by atoms with Crippen LogP contribution < -0.4 is 15.0 Å². The molecule has 2 rings (SSSR count). The first-order valence-electron chi connectivity index (χ1n) is 9.28.